The minimum atomic E-state index is -4.29. The Morgan fingerprint density at radius 2 is 1.74 bits per heavy atom. The number of rotatable bonds is 5. The Bertz CT molecular complexity index is 649. The highest BCUT2D eigenvalue weighted by molar-refractivity contribution is 7.86. The van der Waals surface area contributed by atoms with Crippen LogP contribution in [-0.2, 0) is 14.9 Å². The highest BCUT2D eigenvalue weighted by Crippen LogP contribution is 2.26. The van der Waals surface area contributed by atoms with Gasteiger partial charge >= 0.3 is 5.97 Å². The van der Waals surface area contributed by atoms with E-state index in [-0.39, 0.29) is 4.90 Å². The third-order valence-electron chi connectivity index (χ3n) is 4.44. The summed E-state index contributed by atoms with van der Waals surface area (Å²) < 4.78 is 37.2. The highest BCUT2D eigenvalue weighted by atomic mass is 32.2. The molecule has 0 bridgehead atoms. The number of carbonyl (C=O) groups is 1. The summed E-state index contributed by atoms with van der Waals surface area (Å²) in [5.41, 5.74) is 0.995. The monoisotopic (exact) mass is 340 g/mol. The van der Waals surface area contributed by atoms with Crippen molar-refractivity contribution in [1.29, 1.82) is 0 Å². The molecular formula is C17H24O5S. The van der Waals surface area contributed by atoms with Crippen LogP contribution in [-0.4, -0.2) is 25.5 Å². The SMILES string of the molecule is Cc1cc(C(=O)OCCC2CCCCC2)cc(C)c1S(=O)(=O)O. The summed E-state index contributed by atoms with van der Waals surface area (Å²) in [6.07, 6.45) is 7.11. The van der Waals surface area contributed by atoms with Crippen LogP contribution in [0.3, 0.4) is 0 Å². The van der Waals surface area contributed by atoms with Crippen LogP contribution in [0, 0.1) is 19.8 Å². The first kappa shape index (κ1) is 17.9. The van der Waals surface area contributed by atoms with Crippen molar-refractivity contribution in [3.63, 3.8) is 0 Å². The van der Waals surface area contributed by atoms with Gasteiger partial charge in [0.1, 0.15) is 0 Å². The van der Waals surface area contributed by atoms with E-state index in [0.717, 1.165) is 6.42 Å². The number of hydrogen-bond acceptors (Lipinski definition) is 4. The van der Waals surface area contributed by atoms with Gasteiger partial charge in [0.25, 0.3) is 10.1 Å². The minimum absolute atomic E-state index is 0.142. The molecule has 0 heterocycles. The van der Waals surface area contributed by atoms with Gasteiger partial charge in [-0.1, -0.05) is 32.1 Å². The average molecular weight is 340 g/mol. The number of benzene rings is 1. The predicted molar refractivity (Wildman–Crippen MR) is 87.2 cm³/mol. The molecule has 1 fully saturated rings. The summed E-state index contributed by atoms with van der Waals surface area (Å²) in [5.74, 6) is 0.191. The van der Waals surface area contributed by atoms with Gasteiger partial charge in [-0.3, -0.25) is 4.55 Å². The molecule has 6 heteroatoms. The summed E-state index contributed by atoms with van der Waals surface area (Å²) in [4.78, 5) is 12.0. The maximum absolute atomic E-state index is 12.1. The Labute approximate surface area is 137 Å². The van der Waals surface area contributed by atoms with Crippen LogP contribution in [0.5, 0.6) is 0 Å². The maximum atomic E-state index is 12.1. The van der Waals surface area contributed by atoms with Gasteiger partial charge in [-0.15, -0.1) is 0 Å². The molecule has 0 spiro atoms. The van der Waals surface area contributed by atoms with Crippen molar-refractivity contribution in [2.45, 2.75) is 57.3 Å². The van der Waals surface area contributed by atoms with Crippen LogP contribution in [0.4, 0.5) is 0 Å². The molecule has 23 heavy (non-hydrogen) atoms. The molecule has 128 valence electrons. The van der Waals surface area contributed by atoms with Crippen LogP contribution in [0.15, 0.2) is 17.0 Å². The molecule has 1 aliphatic carbocycles. The topological polar surface area (TPSA) is 80.7 Å². The number of hydrogen-bond donors (Lipinski definition) is 1. The van der Waals surface area contributed by atoms with Gasteiger partial charge < -0.3 is 4.74 Å². The summed E-state index contributed by atoms with van der Waals surface area (Å²) in [7, 11) is -4.29. The Morgan fingerprint density at radius 3 is 2.26 bits per heavy atom. The molecule has 5 nitrogen and oxygen atoms in total. The van der Waals surface area contributed by atoms with E-state index in [2.05, 4.69) is 0 Å². The van der Waals surface area contributed by atoms with Gasteiger partial charge in [-0.25, -0.2) is 4.79 Å². The second kappa shape index (κ2) is 7.45. The summed E-state index contributed by atoms with van der Waals surface area (Å²) in [6, 6.07) is 2.89. The smallest absolute Gasteiger partial charge is 0.338 e. The van der Waals surface area contributed by atoms with E-state index < -0.39 is 16.1 Å². The fourth-order valence-corrected chi connectivity index (χ4v) is 4.28. The molecule has 1 N–H and O–H groups in total. The van der Waals surface area contributed by atoms with Crippen molar-refractivity contribution >= 4 is 16.1 Å². The van der Waals surface area contributed by atoms with Crippen molar-refractivity contribution in [1.82, 2.24) is 0 Å². The Kier molecular flexibility index (Phi) is 5.81. The fraction of sp³-hybridized carbons (Fsp3) is 0.588. The van der Waals surface area contributed by atoms with E-state index >= 15 is 0 Å². The summed E-state index contributed by atoms with van der Waals surface area (Å²) >= 11 is 0. The fourth-order valence-electron chi connectivity index (χ4n) is 3.35. The quantitative estimate of drug-likeness (QED) is 0.653. The maximum Gasteiger partial charge on any atom is 0.338 e. The summed E-state index contributed by atoms with van der Waals surface area (Å²) in [5, 5.41) is 0. The first-order valence-electron chi connectivity index (χ1n) is 8.05. The number of ether oxygens (including phenoxy) is 1. The van der Waals surface area contributed by atoms with Crippen LogP contribution in [0.1, 0.15) is 60.0 Å². The minimum Gasteiger partial charge on any atom is -0.462 e. The highest BCUT2D eigenvalue weighted by Gasteiger charge is 2.20. The Balaban J connectivity index is 1.99. The Morgan fingerprint density at radius 1 is 1.17 bits per heavy atom. The number of aryl methyl sites for hydroxylation is 2. The molecule has 0 aliphatic heterocycles. The molecule has 1 aliphatic rings. The summed E-state index contributed by atoms with van der Waals surface area (Å²) in [6.45, 7) is 3.49. The predicted octanol–water partition coefficient (Wildman–Crippen LogP) is 3.68. The van der Waals surface area contributed by atoms with Crippen molar-refractivity contribution < 1.29 is 22.5 Å². The first-order chi connectivity index (χ1) is 10.8. The van der Waals surface area contributed by atoms with E-state index in [4.69, 9.17) is 4.74 Å². The molecular weight excluding hydrogens is 316 g/mol. The first-order valence-corrected chi connectivity index (χ1v) is 9.49. The lowest BCUT2D eigenvalue weighted by atomic mass is 9.87. The standard InChI is InChI=1S/C17H24O5S/c1-12-10-15(11-13(2)16(12)23(19,20)21)17(18)22-9-8-14-6-4-3-5-7-14/h10-11,14H,3-9H2,1-2H3,(H,19,20,21). The zero-order chi connectivity index (χ0) is 17.0. The lowest BCUT2D eigenvalue weighted by molar-refractivity contribution is 0.0474. The third-order valence-corrected chi connectivity index (χ3v) is 5.60. The lowest BCUT2D eigenvalue weighted by Gasteiger charge is -2.21. The van der Waals surface area contributed by atoms with Crippen LogP contribution >= 0.6 is 0 Å². The van der Waals surface area contributed by atoms with Gasteiger partial charge in [0.2, 0.25) is 0 Å². The lowest BCUT2D eigenvalue weighted by Crippen LogP contribution is -2.13. The third kappa shape index (κ3) is 4.78. The zero-order valence-electron chi connectivity index (χ0n) is 13.7. The second-order valence-corrected chi connectivity index (χ2v) is 7.70. The zero-order valence-corrected chi connectivity index (χ0v) is 14.5. The largest absolute Gasteiger partial charge is 0.462 e. The molecule has 0 amide bonds. The van der Waals surface area contributed by atoms with Gasteiger partial charge in [-0.2, -0.15) is 8.42 Å². The second-order valence-electron chi connectivity index (χ2n) is 6.34. The Hall–Kier alpha value is -1.40. The van der Waals surface area contributed by atoms with Gasteiger partial charge in [0, 0.05) is 0 Å². The van der Waals surface area contributed by atoms with Crippen molar-refractivity contribution in [2.75, 3.05) is 6.61 Å². The molecule has 1 saturated carbocycles. The van der Waals surface area contributed by atoms with E-state index in [9.17, 15) is 17.8 Å². The van der Waals surface area contributed by atoms with Crippen LogP contribution < -0.4 is 0 Å². The molecule has 0 radical (unpaired) electrons. The molecule has 1 aromatic carbocycles. The van der Waals surface area contributed by atoms with E-state index in [1.54, 1.807) is 13.8 Å². The number of esters is 1. The number of carbonyl (C=O) groups excluding carboxylic acids is 1. The van der Waals surface area contributed by atoms with E-state index in [1.807, 2.05) is 0 Å². The van der Waals surface area contributed by atoms with E-state index in [0.29, 0.717) is 29.2 Å². The molecule has 0 aromatic heterocycles. The van der Waals surface area contributed by atoms with Gasteiger partial charge in [0.05, 0.1) is 17.1 Å². The van der Waals surface area contributed by atoms with Gasteiger partial charge in [0.15, 0.2) is 0 Å². The molecule has 1 aromatic rings. The van der Waals surface area contributed by atoms with Crippen molar-refractivity contribution in [2.24, 2.45) is 5.92 Å². The molecule has 2 rings (SSSR count). The molecule has 0 atom stereocenters. The van der Waals surface area contributed by atoms with Gasteiger partial charge in [-0.05, 0) is 49.4 Å². The van der Waals surface area contributed by atoms with Crippen molar-refractivity contribution in [3.05, 3.63) is 28.8 Å². The normalized spacial score (nSPS) is 16.3. The molecule has 0 unspecified atom stereocenters. The average Bonchev–Trinajstić information content (AvgIpc) is 2.46. The van der Waals surface area contributed by atoms with Crippen molar-refractivity contribution in [3.8, 4) is 0 Å². The molecule has 0 saturated heterocycles. The van der Waals surface area contributed by atoms with E-state index in [1.165, 1.54) is 44.2 Å². The van der Waals surface area contributed by atoms with Crippen LogP contribution in [0.25, 0.3) is 0 Å². The van der Waals surface area contributed by atoms with Crippen LogP contribution in [0.2, 0.25) is 0 Å².